The largest absolute Gasteiger partial charge is 0.481 e. The van der Waals surface area contributed by atoms with Gasteiger partial charge in [0, 0.05) is 6.42 Å². The molecule has 2 N–H and O–H groups in total. The molecular formula is C10H17NO5. The fourth-order valence-electron chi connectivity index (χ4n) is 1.01. The third kappa shape index (κ3) is 4.29. The quantitative estimate of drug-likeness (QED) is 0.658. The molecule has 0 aromatic carbocycles. The topological polar surface area (TPSA) is 92.7 Å². The Bertz CT molecular complexity index is 298. The number of ether oxygens (including phenoxy) is 1. The van der Waals surface area contributed by atoms with Gasteiger partial charge in [-0.2, -0.15) is 0 Å². The molecule has 0 aliphatic carbocycles. The highest BCUT2D eigenvalue weighted by molar-refractivity contribution is 5.87. The molecule has 1 atom stereocenters. The van der Waals surface area contributed by atoms with Gasteiger partial charge in [-0.25, -0.2) is 4.79 Å². The molecule has 0 fully saturated rings. The molecule has 0 spiro atoms. The van der Waals surface area contributed by atoms with Crippen molar-refractivity contribution in [1.82, 2.24) is 5.32 Å². The average Bonchev–Trinajstić information content (AvgIpc) is 2.14. The summed E-state index contributed by atoms with van der Waals surface area (Å²) in [5.41, 5.74) is -1.15. The van der Waals surface area contributed by atoms with Crippen LogP contribution in [0.3, 0.4) is 0 Å². The van der Waals surface area contributed by atoms with Crippen molar-refractivity contribution in [2.45, 2.75) is 33.2 Å². The Balaban J connectivity index is 4.29. The third-order valence-electron chi connectivity index (χ3n) is 2.11. The molecule has 16 heavy (non-hydrogen) atoms. The van der Waals surface area contributed by atoms with Gasteiger partial charge in [-0.15, -0.1) is 0 Å². The molecule has 1 amide bonds. The van der Waals surface area contributed by atoms with E-state index in [1.807, 2.05) is 0 Å². The number of amides is 1. The van der Waals surface area contributed by atoms with E-state index in [1.165, 1.54) is 27.9 Å². The standard InChI is InChI=1S/C10H17NO5/c1-6(8(13)16-4)11-7(12)5-10(2,3)9(14)15/h6H,5H2,1-4H3,(H,11,12)(H,14,15)/t6-/m0/s1. The molecule has 0 rings (SSSR count). The van der Waals surface area contributed by atoms with Crippen molar-refractivity contribution < 1.29 is 24.2 Å². The summed E-state index contributed by atoms with van der Waals surface area (Å²) in [6.45, 7) is 4.35. The van der Waals surface area contributed by atoms with Crippen molar-refractivity contribution in [3.63, 3.8) is 0 Å². The minimum Gasteiger partial charge on any atom is -0.481 e. The minimum atomic E-state index is -1.15. The van der Waals surface area contributed by atoms with Gasteiger partial charge in [-0.1, -0.05) is 0 Å². The third-order valence-corrected chi connectivity index (χ3v) is 2.11. The molecule has 6 heteroatoms. The molecule has 0 saturated carbocycles. The monoisotopic (exact) mass is 231 g/mol. The maximum Gasteiger partial charge on any atom is 0.328 e. The van der Waals surface area contributed by atoms with Gasteiger partial charge in [-0.3, -0.25) is 9.59 Å². The van der Waals surface area contributed by atoms with Gasteiger partial charge in [0.1, 0.15) is 6.04 Å². The van der Waals surface area contributed by atoms with Crippen LogP contribution >= 0.6 is 0 Å². The van der Waals surface area contributed by atoms with Gasteiger partial charge in [-0.05, 0) is 20.8 Å². The summed E-state index contributed by atoms with van der Waals surface area (Å²) >= 11 is 0. The Hall–Kier alpha value is -1.59. The molecule has 0 unspecified atom stereocenters. The summed E-state index contributed by atoms with van der Waals surface area (Å²) < 4.78 is 4.42. The van der Waals surface area contributed by atoms with Crippen molar-refractivity contribution >= 4 is 17.8 Å². The van der Waals surface area contributed by atoms with Gasteiger partial charge in [0.15, 0.2) is 0 Å². The minimum absolute atomic E-state index is 0.191. The summed E-state index contributed by atoms with van der Waals surface area (Å²) in [6.07, 6.45) is -0.191. The van der Waals surface area contributed by atoms with E-state index in [-0.39, 0.29) is 6.42 Å². The van der Waals surface area contributed by atoms with Crippen molar-refractivity contribution in [2.24, 2.45) is 5.41 Å². The van der Waals surface area contributed by atoms with E-state index < -0.39 is 29.3 Å². The summed E-state index contributed by atoms with van der Waals surface area (Å²) in [4.78, 5) is 33.2. The SMILES string of the molecule is COC(=O)[C@H](C)NC(=O)CC(C)(C)C(=O)O. The summed E-state index contributed by atoms with van der Waals surface area (Å²) in [6, 6.07) is -0.776. The number of hydrogen-bond donors (Lipinski definition) is 2. The second-order valence-electron chi connectivity index (χ2n) is 4.18. The Morgan fingerprint density at radius 1 is 1.38 bits per heavy atom. The van der Waals surface area contributed by atoms with Crippen molar-refractivity contribution in [1.29, 1.82) is 0 Å². The molecule has 0 aromatic rings. The normalized spacial score (nSPS) is 12.8. The Kier molecular flexibility index (Phi) is 4.94. The predicted octanol–water partition coefficient (Wildman–Crippen LogP) is 0.165. The number of hydrogen-bond acceptors (Lipinski definition) is 4. The lowest BCUT2D eigenvalue weighted by Crippen LogP contribution is -2.42. The molecular weight excluding hydrogens is 214 g/mol. The number of carboxylic acids is 1. The first-order chi connectivity index (χ1) is 7.20. The van der Waals surface area contributed by atoms with Crippen LogP contribution in [0.4, 0.5) is 0 Å². The first-order valence-corrected chi connectivity index (χ1v) is 4.81. The van der Waals surface area contributed by atoms with Crippen molar-refractivity contribution in [2.75, 3.05) is 7.11 Å². The smallest absolute Gasteiger partial charge is 0.328 e. The Labute approximate surface area is 94.0 Å². The average molecular weight is 231 g/mol. The maximum absolute atomic E-state index is 11.4. The lowest BCUT2D eigenvalue weighted by molar-refractivity contribution is -0.150. The molecule has 0 bridgehead atoms. The number of carboxylic acid groups (broad SMARTS) is 1. The maximum atomic E-state index is 11.4. The molecule has 0 aliphatic rings. The van der Waals surface area contributed by atoms with E-state index in [2.05, 4.69) is 10.1 Å². The van der Waals surface area contributed by atoms with Crippen LogP contribution in [0, 0.1) is 5.41 Å². The number of carbonyl (C=O) groups excluding carboxylic acids is 2. The zero-order valence-electron chi connectivity index (χ0n) is 9.86. The first-order valence-electron chi connectivity index (χ1n) is 4.81. The van der Waals surface area contributed by atoms with E-state index in [4.69, 9.17) is 5.11 Å². The Morgan fingerprint density at radius 2 is 1.88 bits per heavy atom. The number of aliphatic carboxylic acids is 1. The van der Waals surface area contributed by atoms with E-state index in [0.29, 0.717) is 0 Å². The van der Waals surface area contributed by atoms with Crippen LogP contribution in [0.2, 0.25) is 0 Å². The van der Waals surface area contributed by atoms with E-state index in [1.54, 1.807) is 0 Å². The highest BCUT2D eigenvalue weighted by atomic mass is 16.5. The number of carbonyl (C=O) groups is 3. The number of nitrogens with one attached hydrogen (secondary N) is 1. The molecule has 0 aromatic heterocycles. The highest BCUT2D eigenvalue weighted by Crippen LogP contribution is 2.20. The van der Waals surface area contributed by atoms with Gasteiger partial charge in [0.05, 0.1) is 12.5 Å². The number of esters is 1. The number of methoxy groups -OCH3 is 1. The van der Waals surface area contributed by atoms with Crippen LogP contribution in [-0.2, 0) is 19.1 Å². The predicted molar refractivity (Wildman–Crippen MR) is 55.7 cm³/mol. The summed E-state index contributed by atoms with van der Waals surface area (Å²) in [5, 5.41) is 11.2. The van der Waals surface area contributed by atoms with Gasteiger partial charge >= 0.3 is 11.9 Å². The molecule has 0 heterocycles. The zero-order valence-corrected chi connectivity index (χ0v) is 9.86. The van der Waals surface area contributed by atoms with Crippen LogP contribution in [0.5, 0.6) is 0 Å². The van der Waals surface area contributed by atoms with E-state index >= 15 is 0 Å². The summed E-state index contributed by atoms with van der Waals surface area (Å²) in [5.74, 6) is -2.12. The molecule has 0 saturated heterocycles. The van der Waals surface area contributed by atoms with Crippen LogP contribution in [0.25, 0.3) is 0 Å². The van der Waals surface area contributed by atoms with E-state index in [9.17, 15) is 14.4 Å². The lowest BCUT2D eigenvalue weighted by atomic mass is 9.89. The Morgan fingerprint density at radius 3 is 2.25 bits per heavy atom. The first kappa shape index (κ1) is 14.4. The zero-order chi connectivity index (χ0) is 12.9. The molecule has 92 valence electrons. The summed E-state index contributed by atoms with van der Waals surface area (Å²) in [7, 11) is 1.21. The number of rotatable bonds is 5. The fourth-order valence-corrected chi connectivity index (χ4v) is 1.01. The molecule has 0 radical (unpaired) electrons. The van der Waals surface area contributed by atoms with Crippen LogP contribution in [0.1, 0.15) is 27.2 Å². The van der Waals surface area contributed by atoms with Crippen LogP contribution in [-0.4, -0.2) is 36.1 Å². The van der Waals surface area contributed by atoms with Crippen LogP contribution < -0.4 is 5.32 Å². The fraction of sp³-hybridized carbons (Fsp3) is 0.700. The van der Waals surface area contributed by atoms with Crippen LogP contribution in [0.15, 0.2) is 0 Å². The highest BCUT2D eigenvalue weighted by Gasteiger charge is 2.31. The second kappa shape index (κ2) is 5.48. The molecule has 0 aliphatic heterocycles. The van der Waals surface area contributed by atoms with Crippen molar-refractivity contribution in [3.8, 4) is 0 Å². The lowest BCUT2D eigenvalue weighted by Gasteiger charge is -2.19. The van der Waals surface area contributed by atoms with Gasteiger partial charge in [0.2, 0.25) is 5.91 Å². The van der Waals surface area contributed by atoms with Gasteiger partial charge in [0.25, 0.3) is 0 Å². The van der Waals surface area contributed by atoms with Crippen molar-refractivity contribution in [3.05, 3.63) is 0 Å². The van der Waals surface area contributed by atoms with Gasteiger partial charge < -0.3 is 15.2 Å². The molecule has 6 nitrogen and oxygen atoms in total. The van der Waals surface area contributed by atoms with E-state index in [0.717, 1.165) is 0 Å². The second-order valence-corrected chi connectivity index (χ2v) is 4.18.